The Bertz CT molecular complexity index is 243. The predicted octanol–water partition coefficient (Wildman–Crippen LogP) is 2.31. The van der Waals surface area contributed by atoms with Crippen molar-refractivity contribution in [1.82, 2.24) is 0 Å². The van der Waals surface area contributed by atoms with Crippen LogP contribution in [0.5, 0.6) is 0 Å². The molecule has 0 heterocycles. The molecule has 0 fully saturated rings. The third-order valence-electron chi connectivity index (χ3n) is 2.43. The van der Waals surface area contributed by atoms with Gasteiger partial charge in [0, 0.05) is 0 Å². The van der Waals surface area contributed by atoms with Gasteiger partial charge >= 0.3 is 0 Å². The van der Waals surface area contributed by atoms with Crippen molar-refractivity contribution in [2.24, 2.45) is 5.73 Å². The van der Waals surface area contributed by atoms with E-state index in [2.05, 4.69) is 36.9 Å². The second-order valence-electron chi connectivity index (χ2n) is 3.14. The zero-order valence-corrected chi connectivity index (χ0v) is 7.88. The standard InChI is InChI=1S/C10H12.CH5N/c1-8-6-7-9-4-2-3-5-10(8)9;1-2/h2-5,8H,6-7H2,1H3;2H2,1H3. The lowest BCUT2D eigenvalue weighted by molar-refractivity contribution is 0.747. The Labute approximate surface area is 74.6 Å². The highest BCUT2D eigenvalue weighted by Crippen LogP contribution is 2.31. The van der Waals surface area contributed by atoms with Crippen LogP contribution >= 0.6 is 0 Å². The molecule has 1 heteroatoms. The molecule has 0 spiro atoms. The van der Waals surface area contributed by atoms with Gasteiger partial charge in [-0.05, 0) is 36.9 Å². The SMILES string of the molecule is CC1CCc2ccccc21.CN. The Balaban J connectivity index is 0.000000336. The third-order valence-corrected chi connectivity index (χ3v) is 2.43. The van der Waals surface area contributed by atoms with Gasteiger partial charge in [0.15, 0.2) is 0 Å². The first-order valence-corrected chi connectivity index (χ1v) is 4.53. The Hall–Kier alpha value is -0.820. The average Bonchev–Trinajstić information content (AvgIpc) is 2.53. The second-order valence-corrected chi connectivity index (χ2v) is 3.14. The number of aryl methyl sites for hydroxylation is 1. The molecule has 1 aliphatic rings. The molecule has 1 unspecified atom stereocenters. The smallest absolute Gasteiger partial charge is 0.0184 e. The van der Waals surface area contributed by atoms with Gasteiger partial charge in [-0.2, -0.15) is 0 Å². The van der Waals surface area contributed by atoms with E-state index in [1.54, 1.807) is 11.1 Å². The molecule has 1 atom stereocenters. The number of hydrogen-bond acceptors (Lipinski definition) is 1. The Morgan fingerprint density at radius 3 is 2.58 bits per heavy atom. The van der Waals surface area contributed by atoms with Crippen molar-refractivity contribution in [3.8, 4) is 0 Å². The minimum Gasteiger partial charge on any atom is -0.333 e. The summed E-state index contributed by atoms with van der Waals surface area (Å²) >= 11 is 0. The molecule has 2 rings (SSSR count). The summed E-state index contributed by atoms with van der Waals surface area (Å²) < 4.78 is 0. The largest absolute Gasteiger partial charge is 0.333 e. The van der Waals surface area contributed by atoms with Gasteiger partial charge in [-0.15, -0.1) is 0 Å². The summed E-state index contributed by atoms with van der Waals surface area (Å²) in [6, 6.07) is 8.78. The van der Waals surface area contributed by atoms with E-state index in [1.165, 1.54) is 19.9 Å². The van der Waals surface area contributed by atoms with Crippen LogP contribution in [0.3, 0.4) is 0 Å². The molecular weight excluding hydrogens is 146 g/mol. The van der Waals surface area contributed by atoms with Crippen LogP contribution in [0.25, 0.3) is 0 Å². The highest BCUT2D eigenvalue weighted by molar-refractivity contribution is 5.33. The number of fused-ring (bicyclic) bond motifs is 1. The van der Waals surface area contributed by atoms with E-state index in [-0.39, 0.29) is 0 Å². The van der Waals surface area contributed by atoms with Crippen molar-refractivity contribution in [1.29, 1.82) is 0 Å². The van der Waals surface area contributed by atoms with Crippen LogP contribution in [0.1, 0.15) is 30.4 Å². The maximum atomic E-state index is 4.50. The first-order valence-electron chi connectivity index (χ1n) is 4.53. The van der Waals surface area contributed by atoms with Gasteiger partial charge in [0.05, 0.1) is 0 Å². The molecule has 12 heavy (non-hydrogen) atoms. The topological polar surface area (TPSA) is 26.0 Å². The fraction of sp³-hybridized carbons (Fsp3) is 0.455. The zero-order valence-electron chi connectivity index (χ0n) is 7.88. The van der Waals surface area contributed by atoms with E-state index < -0.39 is 0 Å². The maximum absolute atomic E-state index is 4.50. The van der Waals surface area contributed by atoms with Gasteiger partial charge in [0.1, 0.15) is 0 Å². The van der Waals surface area contributed by atoms with E-state index in [4.69, 9.17) is 0 Å². The van der Waals surface area contributed by atoms with Crippen molar-refractivity contribution in [3.63, 3.8) is 0 Å². The first-order chi connectivity index (χ1) is 5.88. The highest BCUT2D eigenvalue weighted by Gasteiger charge is 2.16. The lowest BCUT2D eigenvalue weighted by Crippen LogP contribution is -1.83. The van der Waals surface area contributed by atoms with Crippen LogP contribution in [0.2, 0.25) is 0 Å². The summed E-state index contributed by atoms with van der Waals surface area (Å²) in [6.07, 6.45) is 2.64. The van der Waals surface area contributed by atoms with Gasteiger partial charge in [-0.1, -0.05) is 31.2 Å². The fourth-order valence-electron chi connectivity index (χ4n) is 1.77. The van der Waals surface area contributed by atoms with Crippen molar-refractivity contribution in [2.75, 3.05) is 7.05 Å². The number of nitrogens with two attached hydrogens (primary N) is 1. The van der Waals surface area contributed by atoms with Crippen LogP contribution in [0.15, 0.2) is 24.3 Å². The van der Waals surface area contributed by atoms with Crippen LogP contribution in [0.4, 0.5) is 0 Å². The lowest BCUT2D eigenvalue weighted by Gasteiger charge is -2.01. The molecule has 0 bridgehead atoms. The van der Waals surface area contributed by atoms with Crippen LogP contribution in [0, 0.1) is 0 Å². The monoisotopic (exact) mass is 163 g/mol. The van der Waals surface area contributed by atoms with Gasteiger partial charge in [0.2, 0.25) is 0 Å². The summed E-state index contributed by atoms with van der Waals surface area (Å²) in [4.78, 5) is 0. The summed E-state index contributed by atoms with van der Waals surface area (Å²) in [5, 5.41) is 0. The fourth-order valence-corrected chi connectivity index (χ4v) is 1.77. The summed E-state index contributed by atoms with van der Waals surface area (Å²) in [5.74, 6) is 0.802. The molecule has 0 aliphatic heterocycles. The molecule has 0 aromatic heterocycles. The van der Waals surface area contributed by atoms with E-state index in [0.717, 1.165) is 5.92 Å². The molecule has 1 nitrogen and oxygen atoms in total. The van der Waals surface area contributed by atoms with Crippen molar-refractivity contribution in [2.45, 2.75) is 25.7 Å². The summed E-state index contributed by atoms with van der Waals surface area (Å²) in [5.41, 5.74) is 7.64. The molecular formula is C11H17N. The lowest BCUT2D eigenvalue weighted by atomic mass is 10.0. The number of benzene rings is 1. The average molecular weight is 163 g/mol. The predicted molar refractivity (Wildman–Crippen MR) is 53.3 cm³/mol. The third kappa shape index (κ3) is 1.67. The highest BCUT2D eigenvalue weighted by atomic mass is 14.4. The van der Waals surface area contributed by atoms with Crippen molar-refractivity contribution < 1.29 is 0 Å². The summed E-state index contributed by atoms with van der Waals surface area (Å²) in [6.45, 7) is 2.31. The normalized spacial score (nSPS) is 19.4. The van der Waals surface area contributed by atoms with Crippen molar-refractivity contribution in [3.05, 3.63) is 35.4 Å². The second kappa shape index (κ2) is 4.27. The Morgan fingerprint density at radius 2 is 1.92 bits per heavy atom. The molecule has 0 saturated heterocycles. The number of hydrogen-bond donors (Lipinski definition) is 1. The van der Waals surface area contributed by atoms with E-state index in [0.29, 0.717) is 0 Å². The van der Waals surface area contributed by atoms with E-state index in [9.17, 15) is 0 Å². The molecule has 0 saturated carbocycles. The zero-order chi connectivity index (χ0) is 8.97. The van der Waals surface area contributed by atoms with Crippen LogP contribution < -0.4 is 5.73 Å². The van der Waals surface area contributed by atoms with Crippen LogP contribution in [-0.2, 0) is 6.42 Å². The minimum absolute atomic E-state index is 0.802. The van der Waals surface area contributed by atoms with Crippen molar-refractivity contribution >= 4 is 0 Å². The summed E-state index contributed by atoms with van der Waals surface area (Å²) in [7, 11) is 1.50. The Morgan fingerprint density at radius 1 is 1.25 bits per heavy atom. The number of rotatable bonds is 0. The maximum Gasteiger partial charge on any atom is -0.0184 e. The first kappa shape index (κ1) is 9.27. The van der Waals surface area contributed by atoms with Gasteiger partial charge in [-0.25, -0.2) is 0 Å². The molecule has 1 aromatic carbocycles. The van der Waals surface area contributed by atoms with E-state index >= 15 is 0 Å². The molecule has 0 amide bonds. The van der Waals surface area contributed by atoms with Crippen LogP contribution in [-0.4, -0.2) is 7.05 Å². The minimum atomic E-state index is 0.802. The molecule has 2 N–H and O–H groups in total. The van der Waals surface area contributed by atoms with Gasteiger partial charge in [0.25, 0.3) is 0 Å². The molecule has 0 radical (unpaired) electrons. The van der Waals surface area contributed by atoms with Gasteiger partial charge < -0.3 is 5.73 Å². The van der Waals surface area contributed by atoms with E-state index in [1.807, 2.05) is 0 Å². The molecule has 66 valence electrons. The molecule has 1 aliphatic carbocycles. The Kier molecular flexibility index (Phi) is 3.30. The van der Waals surface area contributed by atoms with Gasteiger partial charge in [-0.3, -0.25) is 0 Å². The molecule has 1 aromatic rings. The quantitative estimate of drug-likeness (QED) is 0.624.